The van der Waals surface area contributed by atoms with Gasteiger partial charge in [-0.25, -0.2) is 0 Å². The van der Waals surface area contributed by atoms with Crippen molar-refractivity contribution >= 4 is 17.4 Å². The van der Waals surface area contributed by atoms with Crippen LogP contribution in [0.4, 0.5) is 0 Å². The summed E-state index contributed by atoms with van der Waals surface area (Å²) < 4.78 is 6.08. The summed E-state index contributed by atoms with van der Waals surface area (Å²) in [5.41, 5.74) is 7.70. The van der Waals surface area contributed by atoms with Gasteiger partial charge in [0.1, 0.15) is 5.75 Å². The molecule has 214 valence electrons. The molecule has 2 atom stereocenters. The van der Waals surface area contributed by atoms with Gasteiger partial charge in [0.05, 0.1) is 12.6 Å². The molecule has 0 aromatic heterocycles. The molecular weight excluding hydrogens is 510 g/mol. The predicted octanol–water partition coefficient (Wildman–Crippen LogP) is 4.97. The molecule has 2 aliphatic rings. The molecule has 0 aliphatic carbocycles. The number of nitrogens with zero attached hydrogens (tertiary/aromatic N) is 2. The molecule has 1 fully saturated rings. The van der Waals surface area contributed by atoms with E-state index in [1.54, 1.807) is 6.92 Å². The van der Waals surface area contributed by atoms with Crippen LogP contribution in [0.1, 0.15) is 41.2 Å². The summed E-state index contributed by atoms with van der Waals surface area (Å²) in [6.07, 6.45) is 2.31. The Morgan fingerprint density at radius 2 is 1.68 bits per heavy atom. The van der Waals surface area contributed by atoms with Gasteiger partial charge in [-0.05, 0) is 66.1 Å². The van der Waals surface area contributed by atoms with Crippen LogP contribution < -0.4 is 10.1 Å². The standard InChI is InChI=1S/C35H41N3O3/c1-24-10-11-25(2)33(20-24)41-19-17-28-12-14-29(15-13-28)31-21-30-22-38(26(3)39)23-32(36-30)34(31)35(40)37(4)18-16-27-8-6-5-7-9-27/h5-15,20,30,32,36H,16-19,21-23H2,1-4H3/t30-,32-/m1/s1. The molecule has 2 aliphatic heterocycles. The average Bonchev–Trinajstić information content (AvgIpc) is 2.97. The van der Waals surface area contributed by atoms with Crippen molar-refractivity contribution in [3.63, 3.8) is 0 Å². The fourth-order valence-corrected chi connectivity index (χ4v) is 5.89. The van der Waals surface area contributed by atoms with Crippen LogP contribution >= 0.6 is 0 Å². The average molecular weight is 552 g/mol. The van der Waals surface area contributed by atoms with Crippen molar-refractivity contribution < 1.29 is 14.3 Å². The third-order valence-electron chi connectivity index (χ3n) is 8.30. The summed E-state index contributed by atoms with van der Waals surface area (Å²) in [6, 6.07) is 25.1. The van der Waals surface area contributed by atoms with E-state index in [1.165, 1.54) is 16.7 Å². The molecule has 1 saturated heterocycles. The monoisotopic (exact) mass is 551 g/mol. The van der Waals surface area contributed by atoms with Crippen molar-refractivity contribution in [1.82, 2.24) is 15.1 Å². The minimum Gasteiger partial charge on any atom is -0.493 e. The molecule has 41 heavy (non-hydrogen) atoms. The highest BCUT2D eigenvalue weighted by Gasteiger charge is 2.39. The van der Waals surface area contributed by atoms with Gasteiger partial charge < -0.3 is 19.9 Å². The van der Waals surface area contributed by atoms with Gasteiger partial charge in [-0.15, -0.1) is 0 Å². The number of hydrogen-bond acceptors (Lipinski definition) is 4. The van der Waals surface area contributed by atoms with Crippen LogP contribution in [-0.2, 0) is 22.4 Å². The van der Waals surface area contributed by atoms with Crippen molar-refractivity contribution in [2.45, 2.75) is 52.1 Å². The zero-order chi connectivity index (χ0) is 28.9. The molecule has 6 heteroatoms. The van der Waals surface area contributed by atoms with Gasteiger partial charge in [0, 0.05) is 51.6 Å². The third-order valence-corrected chi connectivity index (χ3v) is 8.30. The molecule has 1 N–H and O–H groups in total. The van der Waals surface area contributed by atoms with Gasteiger partial charge in [0.2, 0.25) is 5.91 Å². The van der Waals surface area contributed by atoms with E-state index < -0.39 is 0 Å². The zero-order valence-corrected chi connectivity index (χ0v) is 24.7. The van der Waals surface area contributed by atoms with E-state index in [0.29, 0.717) is 32.7 Å². The molecule has 2 heterocycles. The van der Waals surface area contributed by atoms with Crippen LogP contribution in [-0.4, -0.2) is 67.0 Å². The number of aryl methyl sites for hydroxylation is 2. The van der Waals surface area contributed by atoms with Crippen molar-refractivity contribution in [2.24, 2.45) is 0 Å². The van der Waals surface area contributed by atoms with Crippen molar-refractivity contribution in [3.05, 3.63) is 106 Å². The Morgan fingerprint density at radius 3 is 2.41 bits per heavy atom. The maximum absolute atomic E-state index is 14.0. The van der Waals surface area contributed by atoms with Crippen LogP contribution in [0.25, 0.3) is 5.57 Å². The summed E-state index contributed by atoms with van der Waals surface area (Å²) in [4.78, 5) is 30.0. The molecule has 0 radical (unpaired) electrons. The number of likely N-dealkylation sites (N-methyl/N-ethyl adjacent to an activating group) is 1. The molecule has 5 rings (SSSR count). The fourth-order valence-electron chi connectivity index (χ4n) is 5.89. The summed E-state index contributed by atoms with van der Waals surface area (Å²) >= 11 is 0. The Labute approximate surface area is 244 Å². The van der Waals surface area contributed by atoms with E-state index in [9.17, 15) is 9.59 Å². The predicted molar refractivity (Wildman–Crippen MR) is 164 cm³/mol. The number of piperazine rings is 1. The van der Waals surface area contributed by atoms with E-state index in [4.69, 9.17) is 4.74 Å². The number of carbonyl (C=O) groups is 2. The van der Waals surface area contributed by atoms with Gasteiger partial charge in [0.15, 0.2) is 0 Å². The van der Waals surface area contributed by atoms with Crippen LogP contribution in [0.5, 0.6) is 5.75 Å². The zero-order valence-electron chi connectivity index (χ0n) is 24.7. The molecule has 3 aromatic carbocycles. The smallest absolute Gasteiger partial charge is 0.251 e. The number of ether oxygens (including phenoxy) is 1. The second kappa shape index (κ2) is 12.7. The van der Waals surface area contributed by atoms with Crippen LogP contribution in [0.2, 0.25) is 0 Å². The number of carbonyl (C=O) groups excluding carboxylic acids is 2. The minimum absolute atomic E-state index is 0.0308. The number of fused-ring (bicyclic) bond motifs is 2. The minimum atomic E-state index is -0.182. The Hall–Kier alpha value is -3.90. The lowest BCUT2D eigenvalue weighted by Gasteiger charge is -2.44. The molecule has 3 aromatic rings. The summed E-state index contributed by atoms with van der Waals surface area (Å²) in [6.45, 7) is 8.17. The van der Waals surface area contributed by atoms with E-state index in [0.717, 1.165) is 40.9 Å². The Morgan fingerprint density at radius 1 is 0.951 bits per heavy atom. The highest BCUT2D eigenvalue weighted by atomic mass is 16.5. The quantitative estimate of drug-likeness (QED) is 0.408. The molecule has 0 spiro atoms. The SMILES string of the molecule is CC(=O)N1C[C@H]2CC(c3ccc(CCOc4cc(C)ccc4C)cc3)=C(C(=O)N(C)CCc3ccccc3)[C@@H](C1)N2. The highest BCUT2D eigenvalue weighted by Crippen LogP contribution is 2.34. The fraction of sp³-hybridized carbons (Fsp3) is 0.371. The summed E-state index contributed by atoms with van der Waals surface area (Å²) in [7, 11) is 1.88. The second-order valence-electron chi connectivity index (χ2n) is 11.5. The van der Waals surface area contributed by atoms with E-state index in [2.05, 4.69) is 73.8 Å². The van der Waals surface area contributed by atoms with E-state index in [-0.39, 0.29) is 23.9 Å². The molecule has 2 bridgehead atoms. The number of benzene rings is 3. The normalized spacial score (nSPS) is 18.3. The molecular formula is C35H41N3O3. The largest absolute Gasteiger partial charge is 0.493 e. The first-order valence-corrected chi connectivity index (χ1v) is 14.6. The highest BCUT2D eigenvalue weighted by molar-refractivity contribution is 6.03. The van der Waals surface area contributed by atoms with Gasteiger partial charge in [0.25, 0.3) is 5.91 Å². The van der Waals surface area contributed by atoms with Crippen molar-refractivity contribution in [3.8, 4) is 5.75 Å². The lowest BCUT2D eigenvalue weighted by molar-refractivity contribution is -0.132. The van der Waals surface area contributed by atoms with Gasteiger partial charge >= 0.3 is 0 Å². The molecule has 6 nitrogen and oxygen atoms in total. The number of nitrogens with one attached hydrogen (secondary N) is 1. The first kappa shape index (κ1) is 28.6. The van der Waals surface area contributed by atoms with Crippen LogP contribution in [0.3, 0.4) is 0 Å². The third kappa shape index (κ3) is 6.88. The van der Waals surface area contributed by atoms with E-state index in [1.807, 2.05) is 35.0 Å². The van der Waals surface area contributed by atoms with Crippen molar-refractivity contribution in [1.29, 1.82) is 0 Å². The number of amides is 2. The lowest BCUT2D eigenvalue weighted by Crippen LogP contribution is -2.61. The molecule has 2 amide bonds. The summed E-state index contributed by atoms with van der Waals surface area (Å²) in [5.74, 6) is 1.03. The van der Waals surface area contributed by atoms with Crippen molar-refractivity contribution in [2.75, 3.05) is 33.3 Å². The Kier molecular flexibility index (Phi) is 8.89. The van der Waals surface area contributed by atoms with Gasteiger partial charge in [-0.2, -0.15) is 0 Å². The van der Waals surface area contributed by atoms with Crippen LogP contribution in [0.15, 0.2) is 78.4 Å². The summed E-state index contributed by atoms with van der Waals surface area (Å²) in [5, 5.41) is 3.64. The first-order valence-electron chi connectivity index (χ1n) is 14.6. The van der Waals surface area contributed by atoms with E-state index >= 15 is 0 Å². The first-order chi connectivity index (χ1) is 19.8. The number of rotatable bonds is 9. The van der Waals surface area contributed by atoms with Gasteiger partial charge in [-0.3, -0.25) is 9.59 Å². The second-order valence-corrected chi connectivity index (χ2v) is 11.5. The van der Waals surface area contributed by atoms with Gasteiger partial charge in [-0.1, -0.05) is 66.7 Å². The Balaban J connectivity index is 1.34. The maximum Gasteiger partial charge on any atom is 0.251 e. The molecule has 0 saturated carbocycles. The topological polar surface area (TPSA) is 61.9 Å². The maximum atomic E-state index is 14.0. The van der Waals surface area contributed by atoms with Crippen LogP contribution in [0, 0.1) is 13.8 Å². The Bertz CT molecular complexity index is 1410. The lowest BCUT2D eigenvalue weighted by atomic mass is 9.82. The number of hydrogen-bond donors (Lipinski definition) is 1. The molecule has 0 unspecified atom stereocenters.